The van der Waals surface area contributed by atoms with E-state index in [9.17, 15) is 4.79 Å². The first-order valence-electron chi connectivity index (χ1n) is 4.43. The molecule has 0 aliphatic rings. The normalized spacial score (nSPS) is 10.4. The molecule has 0 radical (unpaired) electrons. The second-order valence-electron chi connectivity index (χ2n) is 3.40. The maximum Gasteiger partial charge on any atom is 0.357 e. The number of rotatable bonds is 1. The Balaban J connectivity index is 2.57. The summed E-state index contributed by atoms with van der Waals surface area (Å²) in [5.74, 6) is 0. The molecule has 72 valence electrons. The van der Waals surface area contributed by atoms with Crippen molar-refractivity contribution in [2.24, 2.45) is 0 Å². The molecule has 3 heteroatoms. The minimum absolute atomic E-state index is 0.347. The largest absolute Gasteiger partial charge is 0.357 e. The third-order valence-corrected chi connectivity index (χ3v) is 2.20. The van der Waals surface area contributed by atoms with E-state index < -0.39 is 0 Å². The van der Waals surface area contributed by atoms with Gasteiger partial charge in [0.2, 0.25) is 0 Å². The highest BCUT2D eigenvalue weighted by atomic mass is 16.5. The SMILES string of the molecule is Cc1ccc(-c2cc(=O)o[nH]2)c(C)c1. The van der Waals surface area contributed by atoms with Gasteiger partial charge in [0.05, 0.1) is 11.8 Å². The summed E-state index contributed by atoms with van der Waals surface area (Å²) < 4.78 is 4.62. The molecule has 1 aromatic carbocycles. The van der Waals surface area contributed by atoms with Gasteiger partial charge in [-0.05, 0) is 19.4 Å². The molecular weight excluding hydrogens is 178 g/mol. The molecule has 2 aromatic rings. The topological polar surface area (TPSA) is 46.0 Å². The molecule has 0 spiro atoms. The van der Waals surface area contributed by atoms with Gasteiger partial charge in [0.15, 0.2) is 0 Å². The molecule has 0 fully saturated rings. The van der Waals surface area contributed by atoms with E-state index in [1.807, 2.05) is 26.0 Å². The van der Waals surface area contributed by atoms with E-state index in [1.165, 1.54) is 11.6 Å². The Hall–Kier alpha value is -1.77. The van der Waals surface area contributed by atoms with Gasteiger partial charge in [-0.1, -0.05) is 23.8 Å². The molecule has 0 atom stereocenters. The number of H-pyrrole nitrogens is 1. The molecule has 0 aliphatic heterocycles. The van der Waals surface area contributed by atoms with Crippen LogP contribution in [-0.4, -0.2) is 5.16 Å². The van der Waals surface area contributed by atoms with Gasteiger partial charge in [0.25, 0.3) is 0 Å². The Morgan fingerprint density at radius 1 is 1.21 bits per heavy atom. The van der Waals surface area contributed by atoms with Crippen molar-refractivity contribution in [3.63, 3.8) is 0 Å². The van der Waals surface area contributed by atoms with Crippen LogP contribution in [0.5, 0.6) is 0 Å². The van der Waals surface area contributed by atoms with Gasteiger partial charge in [-0.3, -0.25) is 0 Å². The van der Waals surface area contributed by atoms with Crippen molar-refractivity contribution < 1.29 is 4.52 Å². The number of nitrogens with one attached hydrogen (secondary N) is 1. The molecule has 1 aromatic heterocycles. The Morgan fingerprint density at radius 2 is 2.00 bits per heavy atom. The minimum atomic E-state index is -0.347. The van der Waals surface area contributed by atoms with E-state index in [0.717, 1.165) is 16.8 Å². The van der Waals surface area contributed by atoms with Gasteiger partial charge < -0.3 is 4.52 Å². The molecule has 3 nitrogen and oxygen atoms in total. The predicted molar refractivity (Wildman–Crippen MR) is 54.2 cm³/mol. The van der Waals surface area contributed by atoms with Crippen LogP contribution in [0.4, 0.5) is 0 Å². The van der Waals surface area contributed by atoms with Gasteiger partial charge >= 0.3 is 5.63 Å². The van der Waals surface area contributed by atoms with Crippen molar-refractivity contribution in [1.82, 2.24) is 5.16 Å². The summed E-state index contributed by atoms with van der Waals surface area (Å²) in [4.78, 5) is 10.8. The van der Waals surface area contributed by atoms with E-state index in [-0.39, 0.29) is 5.63 Å². The fraction of sp³-hybridized carbons (Fsp3) is 0.182. The maximum absolute atomic E-state index is 10.8. The van der Waals surface area contributed by atoms with Gasteiger partial charge in [-0.2, -0.15) is 0 Å². The third-order valence-electron chi connectivity index (χ3n) is 2.20. The fourth-order valence-electron chi connectivity index (χ4n) is 1.53. The number of hydrogen-bond acceptors (Lipinski definition) is 2. The monoisotopic (exact) mass is 189 g/mol. The molecule has 14 heavy (non-hydrogen) atoms. The van der Waals surface area contributed by atoms with Crippen molar-refractivity contribution in [1.29, 1.82) is 0 Å². The molecule has 2 rings (SSSR count). The van der Waals surface area contributed by atoms with Crippen LogP contribution < -0.4 is 5.63 Å². The van der Waals surface area contributed by atoms with E-state index in [0.29, 0.717) is 0 Å². The zero-order valence-electron chi connectivity index (χ0n) is 8.13. The molecule has 0 unspecified atom stereocenters. The van der Waals surface area contributed by atoms with Crippen LogP contribution in [0.3, 0.4) is 0 Å². The Labute approximate surface area is 81.3 Å². The number of aromatic nitrogens is 1. The average Bonchev–Trinajstić information content (AvgIpc) is 2.51. The summed E-state index contributed by atoms with van der Waals surface area (Å²) in [6.45, 7) is 4.04. The van der Waals surface area contributed by atoms with Gasteiger partial charge in [0, 0.05) is 5.56 Å². The van der Waals surface area contributed by atoms with Crippen molar-refractivity contribution in [3.05, 3.63) is 45.8 Å². The number of aryl methyl sites for hydroxylation is 2. The lowest BCUT2D eigenvalue weighted by molar-refractivity contribution is 0.394. The maximum atomic E-state index is 10.8. The summed E-state index contributed by atoms with van der Waals surface area (Å²) in [5, 5.41) is 2.59. The molecule has 0 saturated carbocycles. The first-order chi connectivity index (χ1) is 6.66. The molecule has 0 amide bonds. The quantitative estimate of drug-likeness (QED) is 0.747. The molecule has 1 heterocycles. The van der Waals surface area contributed by atoms with Crippen molar-refractivity contribution in [2.75, 3.05) is 0 Å². The highest BCUT2D eigenvalue weighted by Crippen LogP contribution is 2.20. The number of hydrogen-bond donors (Lipinski definition) is 1. The van der Waals surface area contributed by atoms with Gasteiger partial charge in [-0.25, -0.2) is 9.95 Å². The first-order valence-corrected chi connectivity index (χ1v) is 4.43. The van der Waals surface area contributed by atoms with Gasteiger partial charge in [0.1, 0.15) is 0 Å². The Kier molecular flexibility index (Phi) is 2.00. The van der Waals surface area contributed by atoms with E-state index in [4.69, 9.17) is 0 Å². The van der Waals surface area contributed by atoms with Crippen LogP contribution in [0.2, 0.25) is 0 Å². The van der Waals surface area contributed by atoms with E-state index in [2.05, 4.69) is 15.7 Å². The fourth-order valence-corrected chi connectivity index (χ4v) is 1.53. The number of benzene rings is 1. The zero-order chi connectivity index (χ0) is 10.1. The second-order valence-corrected chi connectivity index (χ2v) is 3.40. The molecular formula is C11H11NO2. The first kappa shape index (κ1) is 8.81. The smallest absolute Gasteiger partial charge is 0.339 e. The van der Waals surface area contributed by atoms with Crippen molar-refractivity contribution >= 4 is 0 Å². The van der Waals surface area contributed by atoms with Crippen molar-refractivity contribution in [2.45, 2.75) is 13.8 Å². The Morgan fingerprint density at radius 3 is 2.57 bits per heavy atom. The summed E-state index contributed by atoms with van der Waals surface area (Å²) in [7, 11) is 0. The van der Waals surface area contributed by atoms with Crippen LogP contribution in [0.25, 0.3) is 11.3 Å². The summed E-state index contributed by atoms with van der Waals surface area (Å²) >= 11 is 0. The standard InChI is InChI=1S/C11H11NO2/c1-7-3-4-9(8(2)5-7)10-6-11(13)14-12-10/h3-6,12H,1-2H3. The highest BCUT2D eigenvalue weighted by Gasteiger charge is 2.04. The lowest BCUT2D eigenvalue weighted by Gasteiger charge is -2.02. The van der Waals surface area contributed by atoms with Crippen molar-refractivity contribution in [3.8, 4) is 11.3 Å². The van der Waals surface area contributed by atoms with Crippen LogP contribution >= 0.6 is 0 Å². The Bertz CT molecular complexity index is 508. The lowest BCUT2D eigenvalue weighted by Crippen LogP contribution is -1.87. The molecule has 0 aliphatic carbocycles. The molecule has 0 bridgehead atoms. The second kappa shape index (κ2) is 3.18. The predicted octanol–water partition coefficient (Wildman–Crippen LogP) is 2.25. The van der Waals surface area contributed by atoms with Crippen LogP contribution in [0, 0.1) is 13.8 Å². The van der Waals surface area contributed by atoms with E-state index in [1.54, 1.807) is 0 Å². The summed E-state index contributed by atoms with van der Waals surface area (Å²) in [5.41, 5.74) is 3.72. The lowest BCUT2D eigenvalue weighted by atomic mass is 10.0. The van der Waals surface area contributed by atoms with Crippen LogP contribution in [0.1, 0.15) is 11.1 Å². The van der Waals surface area contributed by atoms with E-state index >= 15 is 0 Å². The van der Waals surface area contributed by atoms with Crippen LogP contribution in [-0.2, 0) is 0 Å². The molecule has 1 N–H and O–H groups in total. The summed E-state index contributed by atoms with van der Waals surface area (Å²) in [6, 6.07) is 7.51. The highest BCUT2D eigenvalue weighted by molar-refractivity contribution is 5.63. The summed E-state index contributed by atoms with van der Waals surface area (Å²) in [6.07, 6.45) is 0. The van der Waals surface area contributed by atoms with Gasteiger partial charge in [-0.15, -0.1) is 0 Å². The minimum Gasteiger partial charge on any atom is -0.339 e. The average molecular weight is 189 g/mol. The third kappa shape index (κ3) is 1.48. The number of aromatic amines is 1. The van der Waals surface area contributed by atoms with Crippen LogP contribution in [0.15, 0.2) is 33.6 Å². The zero-order valence-corrected chi connectivity index (χ0v) is 8.13. The molecule has 0 saturated heterocycles.